The Morgan fingerprint density at radius 2 is 1.62 bits per heavy atom. The number of rotatable bonds is 2. The van der Waals surface area contributed by atoms with E-state index in [1.165, 1.54) is 0 Å². The third-order valence-electron chi connectivity index (χ3n) is 2.59. The number of carbonyl (C=O) groups excluding carboxylic acids is 1. The maximum absolute atomic E-state index is 11.6. The molecule has 0 saturated heterocycles. The summed E-state index contributed by atoms with van der Waals surface area (Å²) in [5.41, 5.74) is 0. The Morgan fingerprint density at radius 3 is 2.00 bits per heavy atom. The second-order valence-corrected chi connectivity index (χ2v) is 3.45. The summed E-state index contributed by atoms with van der Waals surface area (Å²) < 4.78 is 0. The van der Waals surface area contributed by atoms with E-state index in [0.717, 1.165) is 19.3 Å². The van der Waals surface area contributed by atoms with Gasteiger partial charge in [0.2, 0.25) is 0 Å². The van der Waals surface area contributed by atoms with E-state index in [9.17, 15) is 4.79 Å². The van der Waals surface area contributed by atoms with Gasteiger partial charge in [0, 0.05) is 24.7 Å². The van der Waals surface area contributed by atoms with Crippen LogP contribution in [-0.4, -0.2) is 5.78 Å². The van der Waals surface area contributed by atoms with Crippen molar-refractivity contribution in [1.82, 2.24) is 0 Å². The third-order valence-corrected chi connectivity index (χ3v) is 2.59. The number of nitriles is 2. The van der Waals surface area contributed by atoms with E-state index in [-0.39, 0.29) is 17.6 Å². The zero-order chi connectivity index (χ0) is 9.68. The topological polar surface area (TPSA) is 64.7 Å². The first-order chi connectivity index (χ1) is 6.29. The van der Waals surface area contributed by atoms with Gasteiger partial charge in [-0.2, -0.15) is 10.5 Å². The van der Waals surface area contributed by atoms with Crippen LogP contribution in [0.25, 0.3) is 0 Å². The standard InChI is InChI=1S/C10H12N2O/c11-6-4-8-2-1-3-9(5-7-12)10(8)13/h8-9H,1-5H2. The van der Waals surface area contributed by atoms with Crippen LogP contribution in [0.1, 0.15) is 32.1 Å². The summed E-state index contributed by atoms with van der Waals surface area (Å²) in [6, 6.07) is 4.05. The van der Waals surface area contributed by atoms with Crippen LogP contribution < -0.4 is 0 Å². The number of hydrogen-bond acceptors (Lipinski definition) is 3. The van der Waals surface area contributed by atoms with Crippen LogP contribution in [0.4, 0.5) is 0 Å². The van der Waals surface area contributed by atoms with Gasteiger partial charge in [0.1, 0.15) is 5.78 Å². The fraction of sp³-hybridized carbons (Fsp3) is 0.700. The van der Waals surface area contributed by atoms with Crippen molar-refractivity contribution in [2.45, 2.75) is 32.1 Å². The maximum atomic E-state index is 11.6. The number of nitrogens with zero attached hydrogens (tertiary/aromatic N) is 2. The van der Waals surface area contributed by atoms with Crippen LogP contribution in [0.3, 0.4) is 0 Å². The van der Waals surface area contributed by atoms with Crippen molar-refractivity contribution in [3.05, 3.63) is 0 Å². The molecule has 1 fully saturated rings. The van der Waals surface area contributed by atoms with Crippen molar-refractivity contribution in [3.8, 4) is 12.1 Å². The molecule has 0 radical (unpaired) electrons. The molecule has 0 heterocycles. The first kappa shape index (κ1) is 9.74. The lowest BCUT2D eigenvalue weighted by molar-refractivity contribution is -0.128. The Balaban J connectivity index is 2.57. The highest BCUT2D eigenvalue weighted by molar-refractivity contribution is 5.84. The van der Waals surface area contributed by atoms with Gasteiger partial charge in [-0.1, -0.05) is 6.42 Å². The fourth-order valence-corrected chi connectivity index (χ4v) is 1.85. The van der Waals surface area contributed by atoms with E-state index in [2.05, 4.69) is 0 Å². The van der Waals surface area contributed by atoms with Crippen LogP contribution in [0, 0.1) is 34.5 Å². The molecule has 0 aromatic rings. The molecule has 0 N–H and O–H groups in total. The third kappa shape index (κ3) is 2.29. The minimum atomic E-state index is -0.0999. The van der Waals surface area contributed by atoms with Gasteiger partial charge >= 0.3 is 0 Å². The van der Waals surface area contributed by atoms with Gasteiger partial charge in [-0.3, -0.25) is 4.79 Å². The second kappa shape index (κ2) is 4.62. The minimum absolute atomic E-state index is 0.0999. The number of carbonyl (C=O) groups is 1. The quantitative estimate of drug-likeness (QED) is 0.644. The lowest BCUT2D eigenvalue weighted by Gasteiger charge is -2.24. The van der Waals surface area contributed by atoms with Gasteiger partial charge in [0.05, 0.1) is 12.1 Å². The molecule has 0 spiro atoms. The monoisotopic (exact) mass is 176 g/mol. The van der Waals surface area contributed by atoms with Gasteiger partial charge < -0.3 is 0 Å². The van der Waals surface area contributed by atoms with Gasteiger partial charge in [-0.25, -0.2) is 0 Å². The lowest BCUT2D eigenvalue weighted by Crippen LogP contribution is -2.27. The van der Waals surface area contributed by atoms with E-state index in [1.54, 1.807) is 0 Å². The largest absolute Gasteiger partial charge is 0.299 e. The van der Waals surface area contributed by atoms with Crippen molar-refractivity contribution < 1.29 is 4.79 Å². The number of ketones is 1. The molecule has 2 unspecified atom stereocenters. The summed E-state index contributed by atoms with van der Waals surface area (Å²) in [7, 11) is 0. The van der Waals surface area contributed by atoms with E-state index in [0.29, 0.717) is 12.8 Å². The Bertz CT molecular complexity index is 246. The zero-order valence-electron chi connectivity index (χ0n) is 7.49. The van der Waals surface area contributed by atoms with E-state index < -0.39 is 0 Å². The van der Waals surface area contributed by atoms with Gasteiger partial charge in [-0.15, -0.1) is 0 Å². The normalized spacial score (nSPS) is 27.7. The molecule has 0 aromatic carbocycles. The lowest BCUT2D eigenvalue weighted by atomic mass is 9.78. The predicted molar refractivity (Wildman–Crippen MR) is 46.3 cm³/mol. The summed E-state index contributed by atoms with van der Waals surface area (Å²) in [6.07, 6.45) is 3.27. The second-order valence-electron chi connectivity index (χ2n) is 3.45. The molecule has 1 rings (SSSR count). The van der Waals surface area contributed by atoms with E-state index in [1.807, 2.05) is 12.1 Å². The number of hydrogen-bond donors (Lipinski definition) is 0. The molecule has 1 aliphatic rings. The SMILES string of the molecule is N#CCC1CCCC(CC#N)C1=O. The van der Waals surface area contributed by atoms with Crippen LogP contribution in [-0.2, 0) is 4.79 Å². The smallest absolute Gasteiger partial charge is 0.141 e. The molecule has 1 aliphatic carbocycles. The molecule has 0 amide bonds. The summed E-state index contributed by atoms with van der Waals surface area (Å²) in [5.74, 6) is -0.0662. The Morgan fingerprint density at radius 1 is 1.15 bits per heavy atom. The highest BCUT2D eigenvalue weighted by atomic mass is 16.1. The van der Waals surface area contributed by atoms with Crippen molar-refractivity contribution in [2.75, 3.05) is 0 Å². The minimum Gasteiger partial charge on any atom is -0.299 e. The highest BCUT2D eigenvalue weighted by Gasteiger charge is 2.30. The molecule has 1 saturated carbocycles. The van der Waals surface area contributed by atoms with Crippen LogP contribution in [0.15, 0.2) is 0 Å². The van der Waals surface area contributed by atoms with Gasteiger partial charge in [0.15, 0.2) is 0 Å². The average Bonchev–Trinajstić information content (AvgIpc) is 2.13. The van der Waals surface area contributed by atoms with Crippen molar-refractivity contribution in [3.63, 3.8) is 0 Å². The first-order valence-corrected chi connectivity index (χ1v) is 4.57. The summed E-state index contributed by atoms with van der Waals surface area (Å²) in [4.78, 5) is 11.6. The van der Waals surface area contributed by atoms with Crippen LogP contribution >= 0.6 is 0 Å². The summed E-state index contributed by atoms with van der Waals surface area (Å²) in [5, 5.41) is 17.0. The Hall–Kier alpha value is -1.35. The molecular formula is C10H12N2O. The Labute approximate surface area is 78.0 Å². The van der Waals surface area contributed by atoms with Gasteiger partial charge in [0.25, 0.3) is 0 Å². The average molecular weight is 176 g/mol. The van der Waals surface area contributed by atoms with Crippen LogP contribution in [0.5, 0.6) is 0 Å². The van der Waals surface area contributed by atoms with E-state index in [4.69, 9.17) is 10.5 Å². The van der Waals surface area contributed by atoms with Crippen molar-refractivity contribution >= 4 is 5.78 Å². The highest BCUT2D eigenvalue weighted by Crippen LogP contribution is 2.29. The van der Waals surface area contributed by atoms with Crippen LogP contribution in [0.2, 0.25) is 0 Å². The van der Waals surface area contributed by atoms with Crippen molar-refractivity contribution in [2.24, 2.45) is 11.8 Å². The van der Waals surface area contributed by atoms with Gasteiger partial charge in [-0.05, 0) is 12.8 Å². The first-order valence-electron chi connectivity index (χ1n) is 4.57. The molecule has 3 heteroatoms. The molecule has 0 aromatic heterocycles. The maximum Gasteiger partial charge on any atom is 0.141 e. The molecule has 0 aliphatic heterocycles. The molecular weight excluding hydrogens is 164 g/mol. The molecule has 3 nitrogen and oxygen atoms in total. The summed E-state index contributed by atoms with van der Waals surface area (Å²) in [6.45, 7) is 0. The summed E-state index contributed by atoms with van der Waals surface area (Å²) >= 11 is 0. The molecule has 0 bridgehead atoms. The zero-order valence-corrected chi connectivity index (χ0v) is 7.49. The van der Waals surface area contributed by atoms with Crippen molar-refractivity contribution in [1.29, 1.82) is 10.5 Å². The van der Waals surface area contributed by atoms with E-state index >= 15 is 0 Å². The number of Topliss-reactive ketones (excluding diaryl/α,β-unsaturated/α-hetero) is 1. The molecule has 13 heavy (non-hydrogen) atoms. The predicted octanol–water partition coefficient (Wildman–Crippen LogP) is 1.80. The molecule has 2 atom stereocenters. The fourth-order valence-electron chi connectivity index (χ4n) is 1.85. The molecule has 68 valence electrons. The Kier molecular flexibility index (Phi) is 3.46.